The summed E-state index contributed by atoms with van der Waals surface area (Å²) < 4.78 is 4.62. The molecule has 0 radical (unpaired) electrons. The van der Waals surface area contributed by atoms with Gasteiger partial charge in [-0.2, -0.15) is 0 Å². The number of ether oxygens (including phenoxy) is 1. The minimum Gasteiger partial charge on any atom is -0.453 e. The van der Waals surface area contributed by atoms with Crippen LogP contribution in [0.25, 0.3) is 0 Å². The van der Waals surface area contributed by atoms with Crippen LogP contribution in [0.4, 0.5) is 10.5 Å². The van der Waals surface area contributed by atoms with E-state index in [4.69, 9.17) is 0 Å². The molecule has 1 heterocycles. The predicted octanol–water partition coefficient (Wildman–Crippen LogP) is 3.77. The van der Waals surface area contributed by atoms with Crippen LogP contribution in [0.2, 0.25) is 0 Å². The predicted molar refractivity (Wildman–Crippen MR) is 108 cm³/mol. The van der Waals surface area contributed by atoms with Crippen molar-refractivity contribution in [2.75, 3.05) is 19.0 Å². The molecule has 2 rings (SSSR count). The first kappa shape index (κ1) is 21.2. The number of anilines is 1. The second kappa shape index (κ2) is 10.3. The quantitative estimate of drug-likeness (QED) is 0.761. The van der Waals surface area contributed by atoms with Crippen LogP contribution in [0.5, 0.6) is 0 Å². The number of likely N-dealkylation sites (tertiary alicyclic amines) is 1. The number of piperidine rings is 1. The van der Waals surface area contributed by atoms with E-state index in [1.165, 1.54) is 31.9 Å². The maximum Gasteiger partial charge on any atom is 0.407 e. The number of benzene rings is 1. The number of carbonyl (C=O) groups excluding carboxylic acids is 2. The smallest absolute Gasteiger partial charge is 0.407 e. The van der Waals surface area contributed by atoms with Gasteiger partial charge in [0, 0.05) is 18.3 Å². The molecule has 2 unspecified atom stereocenters. The van der Waals surface area contributed by atoms with Gasteiger partial charge in [-0.05, 0) is 56.3 Å². The van der Waals surface area contributed by atoms with Crippen molar-refractivity contribution in [2.45, 2.75) is 65.1 Å². The summed E-state index contributed by atoms with van der Waals surface area (Å²) in [5, 5.41) is 5.50. The van der Waals surface area contributed by atoms with E-state index >= 15 is 0 Å². The van der Waals surface area contributed by atoms with Gasteiger partial charge in [0.05, 0.1) is 7.11 Å². The highest BCUT2D eigenvalue weighted by atomic mass is 16.5. The Bertz CT molecular complexity index is 616. The molecule has 0 saturated carbocycles. The number of nitrogens with zero attached hydrogens (tertiary/aromatic N) is 1. The summed E-state index contributed by atoms with van der Waals surface area (Å²) >= 11 is 0. The molecular weight excluding hydrogens is 342 g/mol. The number of hydrogen-bond acceptors (Lipinski definition) is 4. The van der Waals surface area contributed by atoms with Crippen LogP contribution in [-0.4, -0.2) is 42.6 Å². The first-order valence-electron chi connectivity index (χ1n) is 9.87. The summed E-state index contributed by atoms with van der Waals surface area (Å²) in [6, 6.07) is 7.97. The molecule has 1 aromatic rings. The zero-order valence-electron chi connectivity index (χ0n) is 17.0. The lowest BCUT2D eigenvalue weighted by molar-refractivity contribution is -0.118. The van der Waals surface area contributed by atoms with Gasteiger partial charge in [0.25, 0.3) is 0 Å². The summed E-state index contributed by atoms with van der Waals surface area (Å²) in [5.41, 5.74) is 1.98. The summed E-state index contributed by atoms with van der Waals surface area (Å²) in [7, 11) is 1.29. The zero-order valence-corrected chi connectivity index (χ0v) is 17.0. The number of nitrogens with one attached hydrogen (secondary N) is 2. The van der Waals surface area contributed by atoms with E-state index < -0.39 is 12.1 Å². The summed E-state index contributed by atoms with van der Waals surface area (Å²) in [5.74, 6) is 0.0401. The molecule has 27 heavy (non-hydrogen) atoms. The van der Waals surface area contributed by atoms with Gasteiger partial charge in [-0.15, -0.1) is 0 Å². The van der Waals surface area contributed by atoms with Crippen LogP contribution in [0.15, 0.2) is 24.3 Å². The van der Waals surface area contributed by atoms with Gasteiger partial charge in [-0.25, -0.2) is 4.79 Å². The minimum atomic E-state index is -0.619. The molecule has 1 aromatic carbocycles. The van der Waals surface area contributed by atoms with Gasteiger partial charge < -0.3 is 15.4 Å². The molecule has 6 heteroatoms. The molecule has 0 aliphatic carbocycles. The molecule has 1 aliphatic rings. The van der Waals surface area contributed by atoms with E-state index in [1.54, 1.807) is 0 Å². The maximum absolute atomic E-state index is 12.6. The van der Waals surface area contributed by atoms with Crippen molar-refractivity contribution in [2.24, 2.45) is 5.92 Å². The number of amides is 2. The lowest BCUT2D eigenvalue weighted by Crippen LogP contribution is -2.44. The van der Waals surface area contributed by atoms with E-state index in [2.05, 4.69) is 39.3 Å². The van der Waals surface area contributed by atoms with Gasteiger partial charge in [0.15, 0.2) is 0 Å². The third kappa shape index (κ3) is 6.86. The Balaban J connectivity index is 1.94. The Morgan fingerprint density at radius 3 is 2.52 bits per heavy atom. The molecule has 0 spiro atoms. The Hall–Kier alpha value is -2.08. The van der Waals surface area contributed by atoms with Crippen LogP contribution in [0.3, 0.4) is 0 Å². The van der Waals surface area contributed by atoms with Gasteiger partial charge in [0.1, 0.15) is 6.04 Å². The number of carbonyl (C=O) groups is 2. The summed E-state index contributed by atoms with van der Waals surface area (Å²) in [6.07, 6.45) is 3.80. The highest BCUT2D eigenvalue weighted by Gasteiger charge is 2.22. The van der Waals surface area contributed by atoms with E-state index in [9.17, 15) is 9.59 Å². The lowest BCUT2D eigenvalue weighted by atomic mass is 10.0. The topological polar surface area (TPSA) is 70.7 Å². The molecule has 1 fully saturated rings. The number of rotatable bonds is 7. The van der Waals surface area contributed by atoms with Crippen molar-refractivity contribution < 1.29 is 14.3 Å². The van der Waals surface area contributed by atoms with Crippen LogP contribution >= 0.6 is 0 Å². The average Bonchev–Trinajstić information content (AvgIpc) is 2.64. The highest BCUT2D eigenvalue weighted by Crippen LogP contribution is 2.20. The molecule has 2 amide bonds. The van der Waals surface area contributed by atoms with Crippen molar-refractivity contribution in [3.63, 3.8) is 0 Å². The Labute approximate surface area is 162 Å². The van der Waals surface area contributed by atoms with E-state index in [1.807, 2.05) is 26.0 Å². The Kier molecular flexibility index (Phi) is 8.10. The van der Waals surface area contributed by atoms with Crippen molar-refractivity contribution in [3.8, 4) is 0 Å². The van der Waals surface area contributed by atoms with Crippen LogP contribution in [-0.2, 0) is 16.1 Å². The maximum atomic E-state index is 12.6. The first-order chi connectivity index (χ1) is 12.9. The fourth-order valence-electron chi connectivity index (χ4n) is 3.45. The standard InChI is InChI=1S/C21H33N3O3/c1-15(2)13-19(23-21(26)27-4)20(25)22-18-10-8-17(9-11-18)14-24-12-6-5-7-16(24)3/h8-11,15-16,19H,5-7,12-14H2,1-4H3,(H,22,25)(H,23,26). The number of methoxy groups -OCH3 is 1. The second-order valence-electron chi connectivity index (χ2n) is 7.82. The largest absolute Gasteiger partial charge is 0.453 e. The van der Waals surface area contributed by atoms with Gasteiger partial charge in [-0.1, -0.05) is 32.4 Å². The van der Waals surface area contributed by atoms with Gasteiger partial charge in [-0.3, -0.25) is 9.69 Å². The van der Waals surface area contributed by atoms with E-state index in [-0.39, 0.29) is 11.8 Å². The number of alkyl carbamates (subject to hydrolysis) is 1. The lowest BCUT2D eigenvalue weighted by Gasteiger charge is -2.33. The van der Waals surface area contributed by atoms with E-state index in [0.717, 1.165) is 18.8 Å². The van der Waals surface area contributed by atoms with E-state index in [0.29, 0.717) is 12.5 Å². The Morgan fingerprint density at radius 2 is 1.93 bits per heavy atom. The summed E-state index contributed by atoms with van der Waals surface area (Å²) in [6.45, 7) is 8.40. The second-order valence-corrected chi connectivity index (χ2v) is 7.82. The SMILES string of the molecule is COC(=O)NC(CC(C)C)C(=O)Nc1ccc(CN2CCCCC2C)cc1. The fraction of sp³-hybridized carbons (Fsp3) is 0.619. The third-order valence-electron chi connectivity index (χ3n) is 5.05. The minimum absolute atomic E-state index is 0.230. The molecule has 1 aliphatic heterocycles. The van der Waals surface area contributed by atoms with Gasteiger partial charge in [0.2, 0.25) is 5.91 Å². The first-order valence-corrected chi connectivity index (χ1v) is 9.87. The molecule has 1 saturated heterocycles. The molecule has 2 atom stereocenters. The molecule has 0 bridgehead atoms. The molecule has 2 N–H and O–H groups in total. The fourth-order valence-corrected chi connectivity index (χ4v) is 3.45. The highest BCUT2D eigenvalue weighted by molar-refractivity contribution is 5.96. The van der Waals surface area contributed by atoms with Crippen molar-refractivity contribution in [1.29, 1.82) is 0 Å². The molecule has 150 valence electrons. The van der Waals surface area contributed by atoms with Crippen molar-refractivity contribution in [3.05, 3.63) is 29.8 Å². The Morgan fingerprint density at radius 1 is 1.22 bits per heavy atom. The molecule has 0 aromatic heterocycles. The monoisotopic (exact) mass is 375 g/mol. The van der Waals surface area contributed by atoms with Gasteiger partial charge >= 0.3 is 6.09 Å². The summed E-state index contributed by atoms with van der Waals surface area (Å²) in [4.78, 5) is 26.6. The third-order valence-corrected chi connectivity index (χ3v) is 5.05. The van der Waals surface area contributed by atoms with Crippen molar-refractivity contribution >= 4 is 17.7 Å². The number of hydrogen-bond donors (Lipinski definition) is 2. The molecule has 6 nitrogen and oxygen atoms in total. The average molecular weight is 376 g/mol. The van der Waals surface area contributed by atoms with Crippen LogP contribution in [0, 0.1) is 5.92 Å². The molecular formula is C21H33N3O3. The zero-order chi connectivity index (χ0) is 19.8. The van der Waals surface area contributed by atoms with Crippen molar-refractivity contribution in [1.82, 2.24) is 10.2 Å². The van der Waals surface area contributed by atoms with Crippen LogP contribution in [0.1, 0.15) is 52.0 Å². The normalized spacial score (nSPS) is 18.8. The van der Waals surface area contributed by atoms with Crippen LogP contribution < -0.4 is 10.6 Å².